The predicted octanol–water partition coefficient (Wildman–Crippen LogP) is 3.13. The number of fused-ring (bicyclic) bond motifs is 1. The van der Waals surface area contributed by atoms with Gasteiger partial charge in [-0.05, 0) is 42.8 Å². The molecule has 0 amide bonds. The monoisotopic (exact) mass is 511 g/mol. The van der Waals surface area contributed by atoms with E-state index in [-0.39, 0.29) is 11.7 Å². The van der Waals surface area contributed by atoms with E-state index in [2.05, 4.69) is 33.8 Å². The average Bonchev–Trinajstić information content (AvgIpc) is 3.49. The van der Waals surface area contributed by atoms with Crippen molar-refractivity contribution < 1.29 is 13.2 Å². The molecule has 0 bridgehead atoms. The van der Waals surface area contributed by atoms with Gasteiger partial charge in [0, 0.05) is 30.8 Å². The Labute approximate surface area is 212 Å². The second-order valence-electron chi connectivity index (χ2n) is 9.04. The number of ether oxygens (including phenoxy) is 1. The Morgan fingerprint density at radius 2 is 1.94 bits per heavy atom. The van der Waals surface area contributed by atoms with E-state index in [1.165, 1.54) is 6.20 Å². The van der Waals surface area contributed by atoms with E-state index in [0.717, 1.165) is 29.3 Å². The van der Waals surface area contributed by atoms with Gasteiger partial charge in [0.25, 0.3) is 10.0 Å². The van der Waals surface area contributed by atoms with E-state index in [9.17, 15) is 8.42 Å². The molecule has 0 spiro atoms. The minimum Gasteiger partial charge on any atom is -0.476 e. The Morgan fingerprint density at radius 3 is 2.69 bits per heavy atom. The summed E-state index contributed by atoms with van der Waals surface area (Å²) < 4.78 is 33.7. The van der Waals surface area contributed by atoms with Gasteiger partial charge in [-0.15, -0.1) is 0 Å². The largest absolute Gasteiger partial charge is 0.476 e. The van der Waals surface area contributed by atoms with Gasteiger partial charge < -0.3 is 9.64 Å². The van der Waals surface area contributed by atoms with Crippen LogP contribution in [0.3, 0.4) is 0 Å². The van der Waals surface area contributed by atoms with Crippen molar-refractivity contribution in [1.82, 2.24) is 33.7 Å². The number of likely N-dealkylation sites (N-methyl/N-ethyl adjacent to an activating group) is 1. The average molecular weight is 512 g/mol. The van der Waals surface area contributed by atoms with E-state index in [1.54, 1.807) is 16.9 Å². The normalized spacial score (nSPS) is 12.2. The van der Waals surface area contributed by atoms with Crippen LogP contribution >= 0.6 is 0 Å². The summed E-state index contributed by atoms with van der Waals surface area (Å²) in [5.41, 5.74) is 3.03. The molecule has 0 saturated carbocycles. The first-order valence-corrected chi connectivity index (χ1v) is 13.8. The van der Waals surface area contributed by atoms with Gasteiger partial charge in [0.15, 0.2) is 11.5 Å². The maximum Gasteiger partial charge on any atom is 0.254 e. The van der Waals surface area contributed by atoms with Crippen LogP contribution in [0.25, 0.3) is 16.9 Å². The Bertz CT molecular complexity index is 1410. The fraction of sp³-hybridized carbons (Fsp3) is 0.440. The Kier molecular flexibility index (Phi) is 8.00. The first-order chi connectivity index (χ1) is 17.3. The van der Waals surface area contributed by atoms with Crippen molar-refractivity contribution in [2.45, 2.75) is 34.1 Å². The van der Waals surface area contributed by atoms with E-state index < -0.39 is 10.0 Å². The molecular formula is C25H33N7O3S. The lowest BCUT2D eigenvalue weighted by Gasteiger charge is -2.17. The highest BCUT2D eigenvalue weighted by Crippen LogP contribution is 2.21. The number of nitrogens with zero attached hydrogens (tertiary/aromatic N) is 7. The zero-order valence-corrected chi connectivity index (χ0v) is 22.0. The number of rotatable bonds is 12. The molecule has 0 aliphatic carbocycles. The van der Waals surface area contributed by atoms with E-state index in [4.69, 9.17) is 9.84 Å². The first-order valence-electron chi connectivity index (χ1n) is 12.2. The van der Waals surface area contributed by atoms with Crippen molar-refractivity contribution in [2.75, 3.05) is 32.0 Å². The first kappa shape index (κ1) is 25.8. The van der Waals surface area contributed by atoms with Crippen molar-refractivity contribution >= 4 is 15.7 Å². The molecular weight excluding hydrogens is 478 g/mol. The van der Waals surface area contributed by atoms with Gasteiger partial charge in [-0.2, -0.15) is 14.3 Å². The van der Waals surface area contributed by atoms with Crippen molar-refractivity contribution in [1.29, 1.82) is 0 Å². The zero-order valence-electron chi connectivity index (χ0n) is 21.2. The lowest BCUT2D eigenvalue weighted by molar-refractivity contribution is 0.218. The van der Waals surface area contributed by atoms with Crippen LogP contribution in [-0.2, 0) is 16.4 Å². The fourth-order valence-electron chi connectivity index (χ4n) is 3.97. The summed E-state index contributed by atoms with van der Waals surface area (Å²) in [4.78, 5) is 11.3. The summed E-state index contributed by atoms with van der Waals surface area (Å²) in [6.45, 7) is 11.4. The smallest absolute Gasteiger partial charge is 0.254 e. The van der Waals surface area contributed by atoms with Crippen molar-refractivity contribution in [2.24, 2.45) is 5.92 Å². The van der Waals surface area contributed by atoms with Crippen LogP contribution in [0, 0.1) is 5.92 Å². The molecule has 0 N–H and O–H groups in total. The molecule has 10 nitrogen and oxygen atoms in total. The van der Waals surface area contributed by atoms with E-state index in [1.807, 2.05) is 44.2 Å². The Morgan fingerprint density at radius 1 is 1.14 bits per heavy atom. The third-order valence-corrected chi connectivity index (χ3v) is 7.66. The lowest BCUT2D eigenvalue weighted by atomic mass is 10.2. The maximum atomic E-state index is 12.6. The minimum absolute atomic E-state index is 0.00503. The molecule has 192 valence electrons. The van der Waals surface area contributed by atoms with Crippen molar-refractivity contribution in [3.63, 3.8) is 0 Å². The molecule has 0 aliphatic heterocycles. The highest BCUT2D eigenvalue weighted by Gasteiger charge is 2.18. The third kappa shape index (κ3) is 6.08. The molecule has 36 heavy (non-hydrogen) atoms. The summed E-state index contributed by atoms with van der Waals surface area (Å²) in [5.74, 6) is 1.26. The molecule has 0 unspecified atom stereocenters. The Balaban J connectivity index is 1.52. The number of aromatic nitrogens is 6. The number of pyridine rings is 2. The molecule has 4 aromatic heterocycles. The molecule has 0 aliphatic rings. The molecule has 4 heterocycles. The highest BCUT2D eigenvalue weighted by atomic mass is 32.2. The fourth-order valence-corrected chi connectivity index (χ4v) is 5.43. The summed E-state index contributed by atoms with van der Waals surface area (Å²) >= 11 is 0. The number of hydrogen-bond donors (Lipinski definition) is 0. The summed E-state index contributed by atoms with van der Waals surface area (Å²) in [7, 11) is -3.51. The summed E-state index contributed by atoms with van der Waals surface area (Å²) in [6, 6.07) is 9.45. The van der Waals surface area contributed by atoms with Gasteiger partial charge in [-0.1, -0.05) is 33.8 Å². The second-order valence-corrected chi connectivity index (χ2v) is 10.9. The molecule has 0 atom stereocenters. The van der Waals surface area contributed by atoms with Gasteiger partial charge in [0.1, 0.15) is 6.61 Å². The van der Waals surface area contributed by atoms with Gasteiger partial charge in [0.2, 0.25) is 5.88 Å². The van der Waals surface area contributed by atoms with Crippen molar-refractivity contribution in [3.05, 3.63) is 60.3 Å². The van der Waals surface area contributed by atoms with Crippen molar-refractivity contribution in [3.8, 4) is 17.1 Å². The lowest BCUT2D eigenvalue weighted by Crippen LogP contribution is -2.28. The van der Waals surface area contributed by atoms with Crippen LogP contribution in [0.4, 0.5) is 0 Å². The third-order valence-electron chi connectivity index (χ3n) is 5.80. The second kappa shape index (κ2) is 11.2. The van der Waals surface area contributed by atoms with Crippen LogP contribution in [0.2, 0.25) is 0 Å². The van der Waals surface area contributed by atoms with Gasteiger partial charge in [0.05, 0.1) is 23.8 Å². The molecule has 4 aromatic rings. The molecule has 0 radical (unpaired) electrons. The molecule has 0 aromatic carbocycles. The van der Waals surface area contributed by atoms with E-state index in [0.29, 0.717) is 41.6 Å². The van der Waals surface area contributed by atoms with Gasteiger partial charge in [-0.3, -0.25) is 0 Å². The van der Waals surface area contributed by atoms with Crippen LogP contribution in [0.5, 0.6) is 5.88 Å². The van der Waals surface area contributed by atoms with E-state index >= 15 is 0 Å². The topological polar surface area (TPSA) is 108 Å². The predicted molar refractivity (Wildman–Crippen MR) is 139 cm³/mol. The number of hydrogen-bond acceptors (Lipinski definition) is 8. The standard InChI is InChI=1S/C25H33N7O3S/c1-5-30(6-2)12-13-35-25-15-20(10-11-26-25)14-23-28-24-9-7-8-22(32(24)29-23)21-16-27-31(17-21)36(33,34)18-19(3)4/h7-11,15-17,19H,5-6,12-14,18H2,1-4H3. The quantitative estimate of drug-likeness (QED) is 0.286. The van der Waals surface area contributed by atoms with Crippen LogP contribution in [-0.4, -0.2) is 74.1 Å². The van der Waals surface area contributed by atoms with Crippen LogP contribution < -0.4 is 4.74 Å². The highest BCUT2D eigenvalue weighted by molar-refractivity contribution is 7.89. The van der Waals surface area contributed by atoms with Crippen LogP contribution in [0.15, 0.2) is 48.9 Å². The van der Waals surface area contributed by atoms with Gasteiger partial charge >= 0.3 is 0 Å². The minimum atomic E-state index is -3.51. The molecule has 4 rings (SSSR count). The SMILES string of the molecule is CCN(CC)CCOc1cc(Cc2nc3cccc(-c4cnn(S(=O)(=O)CC(C)C)c4)n3n2)ccn1. The molecule has 0 fully saturated rings. The summed E-state index contributed by atoms with van der Waals surface area (Å²) in [6.07, 6.45) is 5.31. The van der Waals surface area contributed by atoms with Crippen LogP contribution in [0.1, 0.15) is 39.1 Å². The summed E-state index contributed by atoms with van der Waals surface area (Å²) in [5, 5.41) is 8.79. The molecule has 0 saturated heterocycles. The zero-order chi connectivity index (χ0) is 25.7. The maximum absolute atomic E-state index is 12.6. The Hall–Kier alpha value is -3.31. The van der Waals surface area contributed by atoms with Gasteiger partial charge in [-0.25, -0.2) is 22.9 Å². The molecule has 11 heteroatoms.